The molecule has 3 N–H and O–H groups in total. The van der Waals surface area contributed by atoms with Crippen LogP contribution in [0.25, 0.3) is 0 Å². The number of carbonyl (C=O) groups excluding carboxylic acids is 2. The van der Waals surface area contributed by atoms with Crippen LogP contribution in [0.5, 0.6) is 0 Å². The van der Waals surface area contributed by atoms with Crippen LogP contribution in [0.4, 0.5) is 4.39 Å². The minimum atomic E-state index is -0.724. The number of benzene rings is 1. The Hall–Kier alpha value is -2.76. The quantitative estimate of drug-likeness (QED) is 0.733. The molecular weight excluding hydrogens is 357 g/mol. The Bertz CT molecular complexity index is 861. The van der Waals surface area contributed by atoms with Gasteiger partial charge in [-0.2, -0.15) is 0 Å². The second-order valence-electron chi connectivity index (χ2n) is 7.87. The van der Waals surface area contributed by atoms with Crippen molar-refractivity contribution in [3.8, 4) is 0 Å². The van der Waals surface area contributed by atoms with E-state index in [1.807, 2.05) is 19.9 Å². The topological polar surface area (TPSA) is 85.1 Å². The first-order chi connectivity index (χ1) is 13.3. The molecule has 6 heteroatoms. The number of aromatic nitrogens is 1. The first kappa shape index (κ1) is 20.0. The highest BCUT2D eigenvalue weighted by molar-refractivity contribution is 5.95. The number of carbonyl (C=O) groups is 2. The third kappa shape index (κ3) is 5.15. The van der Waals surface area contributed by atoms with Gasteiger partial charge in [-0.05, 0) is 60.4 Å². The van der Waals surface area contributed by atoms with Crippen LogP contribution in [0.1, 0.15) is 66.3 Å². The number of rotatable bonds is 8. The summed E-state index contributed by atoms with van der Waals surface area (Å²) in [5.41, 5.74) is 8.57. The van der Waals surface area contributed by atoms with Gasteiger partial charge in [-0.1, -0.05) is 32.0 Å². The molecule has 1 fully saturated rings. The number of hydrogen-bond donors (Lipinski definition) is 2. The molecule has 1 heterocycles. The summed E-state index contributed by atoms with van der Waals surface area (Å²) in [6, 6.07) is 9.22. The molecule has 1 aliphatic rings. The van der Waals surface area contributed by atoms with E-state index < -0.39 is 17.9 Å². The lowest BCUT2D eigenvalue weighted by Crippen LogP contribution is -2.45. The normalized spacial score (nSPS) is 14.7. The second kappa shape index (κ2) is 8.50. The van der Waals surface area contributed by atoms with Crippen LogP contribution >= 0.6 is 0 Å². The molecule has 0 aliphatic heterocycles. The number of nitrogens with zero attached hydrogens (tertiary/aromatic N) is 1. The van der Waals surface area contributed by atoms with Gasteiger partial charge in [0.2, 0.25) is 5.91 Å². The van der Waals surface area contributed by atoms with E-state index in [-0.39, 0.29) is 17.4 Å². The monoisotopic (exact) mass is 383 g/mol. The number of primary amides is 1. The van der Waals surface area contributed by atoms with E-state index in [2.05, 4.69) is 10.3 Å². The Morgan fingerprint density at radius 2 is 1.86 bits per heavy atom. The van der Waals surface area contributed by atoms with E-state index in [0.29, 0.717) is 18.8 Å². The van der Waals surface area contributed by atoms with Crippen molar-refractivity contribution in [2.24, 2.45) is 11.7 Å². The first-order valence-corrected chi connectivity index (χ1v) is 9.68. The maximum absolute atomic E-state index is 13.2. The van der Waals surface area contributed by atoms with Crippen LogP contribution < -0.4 is 11.1 Å². The highest BCUT2D eigenvalue weighted by atomic mass is 19.1. The lowest BCUT2D eigenvalue weighted by Gasteiger charge is -2.18. The van der Waals surface area contributed by atoms with E-state index in [9.17, 15) is 14.0 Å². The molecule has 5 nitrogen and oxygen atoms in total. The van der Waals surface area contributed by atoms with Crippen LogP contribution in [0.2, 0.25) is 0 Å². The van der Waals surface area contributed by atoms with Crippen molar-refractivity contribution in [3.05, 3.63) is 64.7 Å². The Balaban J connectivity index is 1.82. The van der Waals surface area contributed by atoms with Crippen molar-refractivity contribution in [2.75, 3.05) is 0 Å². The van der Waals surface area contributed by atoms with E-state index in [1.54, 1.807) is 18.2 Å². The fourth-order valence-corrected chi connectivity index (χ4v) is 3.29. The zero-order valence-electron chi connectivity index (χ0n) is 16.2. The molecule has 0 saturated heterocycles. The maximum Gasteiger partial charge on any atom is 0.270 e. The maximum atomic E-state index is 13.2. The molecule has 1 atom stereocenters. The zero-order valence-corrected chi connectivity index (χ0v) is 16.2. The van der Waals surface area contributed by atoms with Gasteiger partial charge in [0.05, 0.1) is 0 Å². The summed E-state index contributed by atoms with van der Waals surface area (Å²) in [4.78, 5) is 28.9. The smallest absolute Gasteiger partial charge is 0.270 e. The summed E-state index contributed by atoms with van der Waals surface area (Å²) in [6.07, 6.45) is 3.23. The SMILES string of the molecule is CC(C)CC(NC(=O)c1ccc(C2CC2)c(Cc2ccc(F)cc2)n1)C(N)=O. The van der Waals surface area contributed by atoms with E-state index in [4.69, 9.17) is 5.73 Å². The Morgan fingerprint density at radius 3 is 2.43 bits per heavy atom. The third-order valence-corrected chi connectivity index (χ3v) is 4.90. The minimum absolute atomic E-state index is 0.219. The molecule has 28 heavy (non-hydrogen) atoms. The fraction of sp³-hybridized carbons (Fsp3) is 0.409. The van der Waals surface area contributed by atoms with Gasteiger partial charge in [-0.3, -0.25) is 9.59 Å². The molecule has 2 aromatic rings. The van der Waals surface area contributed by atoms with Crippen LogP contribution in [0.15, 0.2) is 36.4 Å². The van der Waals surface area contributed by atoms with Crippen LogP contribution in [-0.4, -0.2) is 22.8 Å². The van der Waals surface area contributed by atoms with Crippen LogP contribution in [0, 0.1) is 11.7 Å². The molecule has 0 bridgehead atoms. The summed E-state index contributed by atoms with van der Waals surface area (Å²) in [5, 5.41) is 2.70. The van der Waals surface area contributed by atoms with Crippen LogP contribution in [-0.2, 0) is 11.2 Å². The van der Waals surface area contributed by atoms with Crippen LogP contribution in [0.3, 0.4) is 0 Å². The van der Waals surface area contributed by atoms with Gasteiger partial charge in [-0.15, -0.1) is 0 Å². The molecule has 1 aromatic carbocycles. The summed E-state index contributed by atoms with van der Waals surface area (Å²) in [6.45, 7) is 3.93. The van der Waals surface area contributed by atoms with Gasteiger partial charge in [0.15, 0.2) is 0 Å². The molecule has 1 saturated carbocycles. The lowest BCUT2D eigenvalue weighted by atomic mass is 10.0. The molecular formula is C22H26FN3O2. The average molecular weight is 383 g/mol. The van der Waals surface area contributed by atoms with Gasteiger partial charge < -0.3 is 11.1 Å². The Morgan fingerprint density at radius 1 is 1.18 bits per heavy atom. The van der Waals surface area contributed by atoms with Crippen molar-refractivity contribution < 1.29 is 14.0 Å². The molecule has 0 spiro atoms. The number of nitrogens with two attached hydrogens (primary N) is 1. The van der Waals surface area contributed by atoms with E-state index >= 15 is 0 Å². The molecule has 1 aliphatic carbocycles. The molecule has 1 unspecified atom stereocenters. The number of pyridine rings is 1. The molecule has 3 rings (SSSR count). The van der Waals surface area contributed by atoms with Gasteiger partial charge in [0.1, 0.15) is 17.6 Å². The number of nitrogens with one attached hydrogen (secondary N) is 1. The minimum Gasteiger partial charge on any atom is -0.368 e. The van der Waals surface area contributed by atoms with E-state index in [1.165, 1.54) is 12.1 Å². The summed E-state index contributed by atoms with van der Waals surface area (Å²) in [5.74, 6) is -0.554. The molecule has 2 amide bonds. The largest absolute Gasteiger partial charge is 0.368 e. The van der Waals surface area contributed by atoms with Crippen molar-refractivity contribution in [1.82, 2.24) is 10.3 Å². The van der Waals surface area contributed by atoms with E-state index in [0.717, 1.165) is 29.7 Å². The number of hydrogen-bond acceptors (Lipinski definition) is 3. The van der Waals surface area contributed by atoms with Gasteiger partial charge in [-0.25, -0.2) is 9.37 Å². The predicted octanol–water partition coefficient (Wildman–Crippen LogP) is 3.32. The first-order valence-electron chi connectivity index (χ1n) is 9.68. The highest BCUT2D eigenvalue weighted by Crippen LogP contribution is 2.41. The highest BCUT2D eigenvalue weighted by Gasteiger charge is 2.28. The second-order valence-corrected chi connectivity index (χ2v) is 7.87. The lowest BCUT2D eigenvalue weighted by molar-refractivity contribution is -0.120. The summed E-state index contributed by atoms with van der Waals surface area (Å²) < 4.78 is 13.2. The Kier molecular flexibility index (Phi) is 6.07. The average Bonchev–Trinajstić information content (AvgIpc) is 3.47. The van der Waals surface area contributed by atoms with Crippen molar-refractivity contribution in [1.29, 1.82) is 0 Å². The van der Waals surface area contributed by atoms with Gasteiger partial charge >= 0.3 is 0 Å². The van der Waals surface area contributed by atoms with Crippen molar-refractivity contribution >= 4 is 11.8 Å². The standard InChI is InChI=1S/C22H26FN3O2/c1-13(2)11-20(21(24)27)26-22(28)18-10-9-17(15-5-6-15)19(25-18)12-14-3-7-16(23)8-4-14/h3-4,7-10,13,15,20H,5-6,11-12H2,1-2H3,(H2,24,27)(H,26,28). The Labute approximate surface area is 164 Å². The number of halogens is 1. The molecule has 0 radical (unpaired) electrons. The molecule has 1 aromatic heterocycles. The zero-order chi connectivity index (χ0) is 20.3. The van der Waals surface area contributed by atoms with Gasteiger partial charge in [0, 0.05) is 12.1 Å². The van der Waals surface area contributed by atoms with Crippen molar-refractivity contribution in [3.63, 3.8) is 0 Å². The fourth-order valence-electron chi connectivity index (χ4n) is 3.29. The van der Waals surface area contributed by atoms with Crippen molar-refractivity contribution in [2.45, 2.75) is 51.5 Å². The predicted molar refractivity (Wildman–Crippen MR) is 105 cm³/mol. The summed E-state index contributed by atoms with van der Waals surface area (Å²) >= 11 is 0. The summed E-state index contributed by atoms with van der Waals surface area (Å²) in [7, 11) is 0. The molecule has 148 valence electrons. The number of amides is 2. The third-order valence-electron chi connectivity index (χ3n) is 4.90. The van der Waals surface area contributed by atoms with Gasteiger partial charge in [0.25, 0.3) is 5.91 Å².